The summed E-state index contributed by atoms with van der Waals surface area (Å²) in [6, 6.07) is 0. The lowest BCUT2D eigenvalue weighted by Gasteiger charge is -2.10. The molecular formula is C8H14ClN3O2S2. The molecule has 0 aliphatic rings. The molecule has 0 bridgehead atoms. The van der Waals surface area contributed by atoms with E-state index in [1.807, 2.05) is 0 Å². The highest BCUT2D eigenvalue weighted by molar-refractivity contribution is 7.89. The molecule has 5 nitrogen and oxygen atoms in total. The van der Waals surface area contributed by atoms with Crippen LogP contribution in [0.3, 0.4) is 0 Å². The van der Waals surface area contributed by atoms with Crippen molar-refractivity contribution in [2.45, 2.75) is 6.54 Å². The number of halogens is 1. The minimum absolute atomic E-state index is 0.0824. The summed E-state index contributed by atoms with van der Waals surface area (Å²) < 4.78 is 24.6. The summed E-state index contributed by atoms with van der Waals surface area (Å²) in [7, 11) is -0.0722. The van der Waals surface area contributed by atoms with E-state index in [9.17, 15) is 8.42 Å². The van der Waals surface area contributed by atoms with Gasteiger partial charge in [0.25, 0.3) is 0 Å². The van der Waals surface area contributed by atoms with E-state index in [1.54, 1.807) is 6.20 Å². The largest absolute Gasteiger partial charge is 0.309 e. The van der Waals surface area contributed by atoms with Crippen molar-refractivity contribution in [2.24, 2.45) is 0 Å². The van der Waals surface area contributed by atoms with E-state index >= 15 is 0 Å². The van der Waals surface area contributed by atoms with E-state index in [0.717, 1.165) is 5.01 Å². The van der Waals surface area contributed by atoms with Gasteiger partial charge in [-0.15, -0.1) is 11.3 Å². The Labute approximate surface area is 104 Å². The first-order valence-corrected chi connectivity index (χ1v) is 7.43. The number of hydrogen-bond acceptors (Lipinski definition) is 5. The van der Waals surface area contributed by atoms with Gasteiger partial charge in [-0.25, -0.2) is 17.7 Å². The van der Waals surface area contributed by atoms with E-state index in [-0.39, 0.29) is 5.75 Å². The average Bonchev–Trinajstić information content (AvgIpc) is 2.59. The van der Waals surface area contributed by atoms with E-state index in [1.165, 1.54) is 29.7 Å². The molecule has 0 atom stereocenters. The lowest BCUT2D eigenvalue weighted by Crippen LogP contribution is -2.30. The molecule has 8 heteroatoms. The number of nitrogens with one attached hydrogen (secondary N) is 1. The van der Waals surface area contributed by atoms with Crippen molar-refractivity contribution in [3.05, 3.63) is 15.5 Å². The zero-order valence-electron chi connectivity index (χ0n) is 9.10. The second-order valence-corrected chi connectivity index (χ2v) is 7.38. The summed E-state index contributed by atoms with van der Waals surface area (Å²) in [6.45, 7) is 0.943. The first-order chi connectivity index (χ1) is 7.42. The van der Waals surface area contributed by atoms with Crippen molar-refractivity contribution in [1.29, 1.82) is 0 Å². The molecule has 0 unspecified atom stereocenters. The Kier molecular flexibility index (Phi) is 5.13. The van der Waals surface area contributed by atoms with Crippen LogP contribution in [0.5, 0.6) is 0 Å². The van der Waals surface area contributed by atoms with Crippen LogP contribution >= 0.6 is 22.9 Å². The second-order valence-electron chi connectivity index (χ2n) is 3.33. The fraction of sp³-hybridized carbons (Fsp3) is 0.625. The van der Waals surface area contributed by atoms with Gasteiger partial charge >= 0.3 is 0 Å². The maximum absolute atomic E-state index is 11.4. The van der Waals surface area contributed by atoms with Gasteiger partial charge in [-0.3, -0.25) is 0 Å². The predicted molar refractivity (Wildman–Crippen MR) is 66.3 cm³/mol. The van der Waals surface area contributed by atoms with Gasteiger partial charge in [-0.2, -0.15) is 0 Å². The Morgan fingerprint density at radius 3 is 2.75 bits per heavy atom. The van der Waals surface area contributed by atoms with Gasteiger partial charge in [0.1, 0.15) is 9.34 Å². The number of rotatable bonds is 6. The van der Waals surface area contributed by atoms with Crippen LogP contribution in [0.15, 0.2) is 6.20 Å². The van der Waals surface area contributed by atoms with Gasteiger partial charge in [0.2, 0.25) is 10.0 Å². The first kappa shape index (κ1) is 13.9. The average molecular weight is 284 g/mol. The Hall–Kier alpha value is -0.210. The minimum atomic E-state index is -3.12. The number of thiazole rings is 1. The molecule has 0 aliphatic carbocycles. The van der Waals surface area contributed by atoms with E-state index in [2.05, 4.69) is 10.3 Å². The molecule has 0 saturated heterocycles. The van der Waals surface area contributed by atoms with Crippen LogP contribution in [0.25, 0.3) is 0 Å². The smallest absolute Gasteiger partial charge is 0.214 e. The maximum atomic E-state index is 11.4. The lowest BCUT2D eigenvalue weighted by atomic mass is 10.6. The van der Waals surface area contributed by atoms with E-state index < -0.39 is 10.0 Å². The van der Waals surface area contributed by atoms with E-state index in [4.69, 9.17) is 11.6 Å². The summed E-state index contributed by atoms with van der Waals surface area (Å²) in [5, 5.41) is 3.86. The third-order valence-corrected chi connectivity index (χ3v) is 4.84. The molecule has 92 valence electrons. The molecular weight excluding hydrogens is 270 g/mol. The summed E-state index contributed by atoms with van der Waals surface area (Å²) in [6.07, 6.45) is 1.58. The van der Waals surface area contributed by atoms with Crippen LogP contribution in [-0.4, -0.2) is 44.1 Å². The Morgan fingerprint density at radius 1 is 1.56 bits per heavy atom. The van der Waals surface area contributed by atoms with Crippen LogP contribution in [0.1, 0.15) is 5.01 Å². The first-order valence-electron chi connectivity index (χ1n) is 4.63. The number of sulfonamides is 1. The fourth-order valence-electron chi connectivity index (χ4n) is 0.949. The maximum Gasteiger partial charge on any atom is 0.214 e. The molecule has 1 aromatic rings. The third kappa shape index (κ3) is 4.34. The molecule has 0 radical (unpaired) electrons. The summed E-state index contributed by atoms with van der Waals surface area (Å²) in [5.41, 5.74) is 0. The Balaban J connectivity index is 2.27. The summed E-state index contributed by atoms with van der Waals surface area (Å²) in [4.78, 5) is 4.05. The topological polar surface area (TPSA) is 62.3 Å². The molecule has 1 heterocycles. The molecule has 16 heavy (non-hydrogen) atoms. The Bertz CT molecular complexity index is 430. The number of hydrogen-bond donors (Lipinski definition) is 1. The molecule has 1 N–H and O–H groups in total. The van der Waals surface area contributed by atoms with Crippen LogP contribution in [0.4, 0.5) is 0 Å². The highest BCUT2D eigenvalue weighted by Crippen LogP contribution is 2.17. The highest BCUT2D eigenvalue weighted by atomic mass is 35.5. The number of aromatic nitrogens is 1. The van der Waals surface area contributed by atoms with Gasteiger partial charge in [0.15, 0.2) is 0 Å². The summed E-state index contributed by atoms with van der Waals surface area (Å²) >= 11 is 7.10. The molecule has 0 spiro atoms. The van der Waals surface area contributed by atoms with Crippen molar-refractivity contribution < 1.29 is 8.42 Å². The second kappa shape index (κ2) is 5.92. The van der Waals surface area contributed by atoms with Gasteiger partial charge in [0.05, 0.1) is 11.9 Å². The van der Waals surface area contributed by atoms with Crippen LogP contribution in [0.2, 0.25) is 4.34 Å². The number of nitrogens with zero attached hydrogens (tertiary/aromatic N) is 2. The lowest BCUT2D eigenvalue weighted by molar-refractivity contribution is 0.517. The van der Waals surface area contributed by atoms with Gasteiger partial charge in [-0.05, 0) is 0 Å². The molecule has 0 fully saturated rings. The molecule has 0 amide bonds. The van der Waals surface area contributed by atoms with Crippen molar-refractivity contribution in [1.82, 2.24) is 14.6 Å². The van der Waals surface area contributed by atoms with Crippen LogP contribution < -0.4 is 5.32 Å². The highest BCUT2D eigenvalue weighted by Gasteiger charge is 2.12. The van der Waals surface area contributed by atoms with Crippen LogP contribution in [0, 0.1) is 0 Å². The van der Waals surface area contributed by atoms with Gasteiger partial charge in [0, 0.05) is 27.2 Å². The predicted octanol–water partition coefficient (Wildman–Crippen LogP) is 0.778. The van der Waals surface area contributed by atoms with Gasteiger partial charge in [-0.1, -0.05) is 11.6 Å². The molecule has 0 aliphatic heterocycles. The van der Waals surface area contributed by atoms with E-state index in [0.29, 0.717) is 17.4 Å². The zero-order chi connectivity index (χ0) is 12.2. The fourth-order valence-corrected chi connectivity index (χ4v) is 2.64. The monoisotopic (exact) mass is 283 g/mol. The quantitative estimate of drug-likeness (QED) is 0.784. The molecule has 1 aromatic heterocycles. The molecule has 0 saturated carbocycles. The van der Waals surface area contributed by atoms with Crippen molar-refractivity contribution in [2.75, 3.05) is 26.4 Å². The third-order valence-electron chi connectivity index (χ3n) is 1.89. The minimum Gasteiger partial charge on any atom is -0.309 e. The standard InChI is InChI=1S/C8H14ClN3O2S2/c1-12(2)16(13,14)4-3-10-6-8-11-5-7(9)15-8/h5,10H,3-4,6H2,1-2H3. The van der Waals surface area contributed by atoms with Crippen LogP contribution in [-0.2, 0) is 16.6 Å². The van der Waals surface area contributed by atoms with Crippen molar-refractivity contribution in [3.63, 3.8) is 0 Å². The normalized spacial score (nSPS) is 12.2. The van der Waals surface area contributed by atoms with Crippen molar-refractivity contribution in [3.8, 4) is 0 Å². The van der Waals surface area contributed by atoms with Gasteiger partial charge < -0.3 is 5.32 Å². The molecule has 1 rings (SSSR count). The SMILES string of the molecule is CN(C)S(=O)(=O)CCNCc1ncc(Cl)s1. The summed E-state index contributed by atoms with van der Waals surface area (Å²) in [5.74, 6) is 0.0824. The van der Waals surface area contributed by atoms with Crippen molar-refractivity contribution >= 4 is 33.0 Å². The zero-order valence-corrected chi connectivity index (χ0v) is 11.5. The Morgan fingerprint density at radius 2 is 2.25 bits per heavy atom. The molecule has 0 aromatic carbocycles.